The van der Waals surface area contributed by atoms with Crippen molar-refractivity contribution in [3.05, 3.63) is 59.0 Å². The molecule has 34 heavy (non-hydrogen) atoms. The maximum atomic E-state index is 13.3. The molecule has 3 aromatic rings. The van der Waals surface area contributed by atoms with E-state index in [4.69, 9.17) is 9.72 Å². The lowest BCUT2D eigenvalue weighted by Crippen LogP contribution is -2.43. The summed E-state index contributed by atoms with van der Waals surface area (Å²) in [6.45, 7) is 4.99. The van der Waals surface area contributed by atoms with Crippen LogP contribution in [0.2, 0.25) is 0 Å². The first-order valence-electron chi connectivity index (χ1n) is 12.0. The van der Waals surface area contributed by atoms with Gasteiger partial charge in [-0.3, -0.25) is 9.59 Å². The minimum atomic E-state index is -0.277. The number of esters is 1. The lowest BCUT2D eigenvalue weighted by Gasteiger charge is -2.31. The Labute approximate surface area is 199 Å². The molecule has 2 aliphatic rings. The van der Waals surface area contributed by atoms with Crippen molar-refractivity contribution < 1.29 is 14.3 Å². The van der Waals surface area contributed by atoms with E-state index in [1.54, 1.807) is 22.7 Å². The highest BCUT2D eigenvalue weighted by Crippen LogP contribution is 2.31. The van der Waals surface area contributed by atoms with E-state index in [9.17, 15) is 9.59 Å². The first-order chi connectivity index (χ1) is 16.6. The SMILES string of the molecule is CCOC(=O)C1CCCN(C(=O)c2cnn(-c3ncc4c(n3)-c3ccccc3CCC4)c2C)C1. The van der Waals surface area contributed by atoms with Gasteiger partial charge in [0, 0.05) is 24.8 Å². The van der Waals surface area contributed by atoms with Gasteiger partial charge in [0.1, 0.15) is 0 Å². The van der Waals surface area contributed by atoms with Crippen LogP contribution in [0.4, 0.5) is 0 Å². The van der Waals surface area contributed by atoms with Gasteiger partial charge in [-0.05, 0) is 57.1 Å². The number of carbonyl (C=O) groups excluding carboxylic acids is 2. The Morgan fingerprint density at radius 2 is 1.94 bits per heavy atom. The third-order valence-electron chi connectivity index (χ3n) is 6.77. The Kier molecular flexibility index (Phi) is 6.13. The number of likely N-dealkylation sites (tertiary alicyclic amines) is 1. The number of aryl methyl sites for hydroxylation is 2. The van der Waals surface area contributed by atoms with Gasteiger partial charge in [0.15, 0.2) is 0 Å². The molecule has 1 aliphatic heterocycles. The quantitative estimate of drug-likeness (QED) is 0.555. The molecule has 8 nitrogen and oxygen atoms in total. The minimum absolute atomic E-state index is 0.127. The van der Waals surface area contributed by atoms with Crippen molar-refractivity contribution in [2.24, 2.45) is 5.92 Å². The summed E-state index contributed by atoms with van der Waals surface area (Å²) in [6, 6.07) is 8.37. The molecule has 1 fully saturated rings. The third kappa shape index (κ3) is 4.08. The second kappa shape index (κ2) is 9.37. The number of fused-ring (bicyclic) bond motifs is 3. The van der Waals surface area contributed by atoms with Crippen LogP contribution in [0.3, 0.4) is 0 Å². The number of nitrogens with zero attached hydrogens (tertiary/aromatic N) is 5. The third-order valence-corrected chi connectivity index (χ3v) is 6.77. The summed E-state index contributed by atoms with van der Waals surface area (Å²) in [5.41, 5.74) is 5.69. The average Bonchev–Trinajstić information content (AvgIpc) is 3.15. The highest BCUT2D eigenvalue weighted by atomic mass is 16.5. The van der Waals surface area contributed by atoms with Crippen LogP contribution in [-0.2, 0) is 22.4 Å². The Balaban J connectivity index is 1.43. The van der Waals surface area contributed by atoms with Gasteiger partial charge < -0.3 is 9.64 Å². The van der Waals surface area contributed by atoms with Crippen LogP contribution in [0, 0.1) is 12.8 Å². The van der Waals surface area contributed by atoms with E-state index in [0.717, 1.165) is 48.9 Å². The fourth-order valence-corrected chi connectivity index (χ4v) is 4.96. The second-order valence-electron chi connectivity index (χ2n) is 8.95. The molecule has 8 heteroatoms. The standard InChI is InChI=1S/C26H29N5O3/c1-3-34-25(33)20-11-7-13-30(16-20)24(32)22-15-28-31(17(22)2)26-27-14-19-10-6-9-18-8-4-5-12-21(18)23(19)29-26/h4-5,8,12,14-15,20H,3,6-7,9-11,13,16H2,1-2H3. The van der Waals surface area contributed by atoms with Crippen molar-refractivity contribution >= 4 is 11.9 Å². The van der Waals surface area contributed by atoms with Crippen molar-refractivity contribution in [2.75, 3.05) is 19.7 Å². The zero-order valence-electron chi connectivity index (χ0n) is 19.7. The number of benzene rings is 1. The first kappa shape index (κ1) is 22.3. The van der Waals surface area contributed by atoms with Crippen molar-refractivity contribution in [1.29, 1.82) is 0 Å². The van der Waals surface area contributed by atoms with Gasteiger partial charge in [0.05, 0.1) is 35.7 Å². The largest absolute Gasteiger partial charge is 0.466 e. The highest BCUT2D eigenvalue weighted by molar-refractivity contribution is 5.95. The van der Waals surface area contributed by atoms with Crippen LogP contribution in [0.5, 0.6) is 0 Å². The molecule has 0 saturated carbocycles. The molecule has 0 spiro atoms. The van der Waals surface area contributed by atoms with E-state index in [0.29, 0.717) is 36.9 Å². The maximum absolute atomic E-state index is 13.3. The van der Waals surface area contributed by atoms with Gasteiger partial charge in [-0.2, -0.15) is 5.10 Å². The average molecular weight is 460 g/mol. The normalized spacial score (nSPS) is 17.5. The van der Waals surface area contributed by atoms with Crippen molar-refractivity contribution in [1.82, 2.24) is 24.6 Å². The molecule has 1 aliphatic carbocycles. The van der Waals surface area contributed by atoms with E-state index in [2.05, 4.69) is 28.3 Å². The zero-order valence-corrected chi connectivity index (χ0v) is 19.7. The van der Waals surface area contributed by atoms with Gasteiger partial charge in [0.25, 0.3) is 11.9 Å². The molecule has 0 N–H and O–H groups in total. The molecule has 176 valence electrons. The number of carbonyl (C=O) groups is 2. The Hall–Kier alpha value is -3.55. The van der Waals surface area contributed by atoms with Crippen LogP contribution < -0.4 is 0 Å². The lowest BCUT2D eigenvalue weighted by atomic mass is 9.97. The molecule has 3 heterocycles. The van der Waals surface area contributed by atoms with Crippen LogP contribution in [0.1, 0.15) is 53.4 Å². The summed E-state index contributed by atoms with van der Waals surface area (Å²) < 4.78 is 6.80. The molecule has 2 aromatic heterocycles. The molecule has 5 rings (SSSR count). The number of hydrogen-bond donors (Lipinski definition) is 0. The van der Waals surface area contributed by atoms with Crippen LogP contribution >= 0.6 is 0 Å². The van der Waals surface area contributed by atoms with E-state index in [-0.39, 0.29) is 17.8 Å². The van der Waals surface area contributed by atoms with Gasteiger partial charge >= 0.3 is 5.97 Å². The Morgan fingerprint density at radius 3 is 2.79 bits per heavy atom. The van der Waals surface area contributed by atoms with Gasteiger partial charge in [-0.25, -0.2) is 14.6 Å². The van der Waals surface area contributed by atoms with Gasteiger partial charge in [0.2, 0.25) is 0 Å². The van der Waals surface area contributed by atoms with E-state index < -0.39 is 0 Å². The summed E-state index contributed by atoms with van der Waals surface area (Å²) in [7, 11) is 0. The predicted molar refractivity (Wildman–Crippen MR) is 127 cm³/mol. The zero-order chi connectivity index (χ0) is 23.7. The van der Waals surface area contributed by atoms with Crippen LogP contribution in [0.25, 0.3) is 17.2 Å². The predicted octanol–water partition coefficient (Wildman–Crippen LogP) is 3.54. The topological polar surface area (TPSA) is 90.2 Å². The molecule has 1 saturated heterocycles. The summed E-state index contributed by atoms with van der Waals surface area (Å²) in [5.74, 6) is -0.181. The van der Waals surface area contributed by atoms with E-state index >= 15 is 0 Å². The number of rotatable bonds is 4. The minimum Gasteiger partial charge on any atom is -0.466 e. The van der Waals surface area contributed by atoms with E-state index in [1.165, 1.54) is 5.56 Å². The summed E-state index contributed by atoms with van der Waals surface area (Å²) in [4.78, 5) is 36.7. The molecule has 1 unspecified atom stereocenters. The van der Waals surface area contributed by atoms with Crippen LogP contribution in [-0.4, -0.2) is 56.2 Å². The summed E-state index contributed by atoms with van der Waals surface area (Å²) in [6.07, 6.45) is 7.99. The van der Waals surface area contributed by atoms with Crippen molar-refractivity contribution in [3.8, 4) is 17.2 Å². The molecule has 1 atom stereocenters. The number of aromatic nitrogens is 4. The number of piperidine rings is 1. The Bertz CT molecular complexity index is 1230. The first-order valence-corrected chi connectivity index (χ1v) is 12.0. The molecule has 0 radical (unpaired) electrons. The molecular formula is C26H29N5O3. The van der Waals surface area contributed by atoms with E-state index in [1.807, 2.05) is 19.2 Å². The summed E-state index contributed by atoms with van der Waals surface area (Å²) >= 11 is 0. The number of ether oxygens (including phenoxy) is 1. The van der Waals surface area contributed by atoms with Crippen molar-refractivity contribution in [3.63, 3.8) is 0 Å². The molecule has 1 amide bonds. The number of amides is 1. The highest BCUT2D eigenvalue weighted by Gasteiger charge is 2.31. The molecule has 0 bridgehead atoms. The van der Waals surface area contributed by atoms with Gasteiger partial charge in [-0.15, -0.1) is 0 Å². The van der Waals surface area contributed by atoms with Crippen LogP contribution in [0.15, 0.2) is 36.7 Å². The van der Waals surface area contributed by atoms with Crippen molar-refractivity contribution in [2.45, 2.75) is 46.0 Å². The maximum Gasteiger partial charge on any atom is 0.310 e. The number of hydrogen-bond acceptors (Lipinski definition) is 6. The Morgan fingerprint density at radius 1 is 1.12 bits per heavy atom. The molecule has 1 aromatic carbocycles. The van der Waals surface area contributed by atoms with Gasteiger partial charge in [-0.1, -0.05) is 24.3 Å². The smallest absolute Gasteiger partial charge is 0.310 e. The summed E-state index contributed by atoms with van der Waals surface area (Å²) in [5, 5.41) is 4.47. The molecular weight excluding hydrogens is 430 g/mol. The second-order valence-corrected chi connectivity index (χ2v) is 8.95. The fourth-order valence-electron chi connectivity index (χ4n) is 4.96. The monoisotopic (exact) mass is 459 g/mol. The fraction of sp³-hybridized carbons (Fsp3) is 0.423. The lowest BCUT2D eigenvalue weighted by molar-refractivity contribution is -0.149.